The van der Waals surface area contributed by atoms with Gasteiger partial charge >= 0.3 is 0 Å². The predicted octanol–water partition coefficient (Wildman–Crippen LogP) is 0.679. The van der Waals surface area contributed by atoms with E-state index in [0.29, 0.717) is 6.54 Å². The minimum atomic E-state index is -3.09. The number of rotatable bonds is 3. The zero-order chi connectivity index (χ0) is 13.9. The number of guanidine groups is 1. The van der Waals surface area contributed by atoms with Gasteiger partial charge in [0.15, 0.2) is 15.8 Å². The van der Waals surface area contributed by atoms with Gasteiger partial charge in [0, 0.05) is 28.2 Å². The highest BCUT2D eigenvalue weighted by molar-refractivity contribution is 7.92. The fourth-order valence-corrected chi connectivity index (χ4v) is 2.20. The second-order valence-corrected chi connectivity index (χ2v) is 8.26. The summed E-state index contributed by atoms with van der Waals surface area (Å²) in [6, 6.07) is 0. The molecule has 0 aliphatic heterocycles. The first kappa shape index (κ1) is 16.2. The van der Waals surface area contributed by atoms with E-state index in [9.17, 15) is 8.42 Å². The molecule has 102 valence electrons. The summed E-state index contributed by atoms with van der Waals surface area (Å²) in [6.07, 6.45) is 0. The van der Waals surface area contributed by atoms with Crippen LogP contribution in [0.5, 0.6) is 0 Å². The summed E-state index contributed by atoms with van der Waals surface area (Å²) < 4.78 is 23.0. The lowest BCUT2D eigenvalue weighted by atomic mass is 10.3. The molecule has 0 saturated heterocycles. The van der Waals surface area contributed by atoms with E-state index in [-0.39, 0.29) is 5.75 Å². The van der Waals surface area contributed by atoms with Gasteiger partial charge in [-0.1, -0.05) is 0 Å². The summed E-state index contributed by atoms with van der Waals surface area (Å²) in [5.74, 6) is 0.857. The number of sulfone groups is 1. The highest BCUT2D eigenvalue weighted by Gasteiger charge is 2.28. The Hall–Kier alpha value is -0.780. The third kappa shape index (κ3) is 4.93. The van der Waals surface area contributed by atoms with Crippen LogP contribution < -0.4 is 0 Å². The summed E-state index contributed by atoms with van der Waals surface area (Å²) in [5, 5.41) is 0. The van der Waals surface area contributed by atoms with Crippen molar-refractivity contribution in [3.05, 3.63) is 0 Å². The maximum Gasteiger partial charge on any atom is 0.195 e. The zero-order valence-electron chi connectivity index (χ0n) is 12.0. The summed E-state index contributed by atoms with van der Waals surface area (Å²) in [5.41, 5.74) is 0. The van der Waals surface area contributed by atoms with Crippen molar-refractivity contribution in [2.75, 3.05) is 40.5 Å². The van der Waals surface area contributed by atoms with E-state index in [4.69, 9.17) is 0 Å². The molecule has 0 heterocycles. The molecule has 0 bridgehead atoms. The number of hydrogen-bond donors (Lipinski definition) is 0. The van der Waals surface area contributed by atoms with Crippen molar-refractivity contribution in [3.8, 4) is 0 Å². The molecule has 0 radical (unpaired) electrons. The number of nitrogens with zero attached hydrogens (tertiary/aromatic N) is 3. The number of aliphatic imine (C=N–C) groups is 1. The third-order valence-corrected chi connectivity index (χ3v) is 4.93. The second kappa shape index (κ2) is 5.71. The van der Waals surface area contributed by atoms with Crippen molar-refractivity contribution in [2.24, 2.45) is 4.99 Å². The van der Waals surface area contributed by atoms with Crippen LogP contribution in [0.4, 0.5) is 0 Å². The summed E-state index contributed by atoms with van der Waals surface area (Å²) >= 11 is 0. The molecule has 0 fully saturated rings. The van der Waals surface area contributed by atoms with Gasteiger partial charge in [-0.2, -0.15) is 0 Å². The quantitative estimate of drug-likeness (QED) is 0.555. The minimum Gasteiger partial charge on any atom is -0.349 e. The lowest BCUT2D eigenvalue weighted by Crippen LogP contribution is -2.36. The van der Waals surface area contributed by atoms with Crippen LogP contribution in [0.2, 0.25) is 0 Å². The highest BCUT2D eigenvalue weighted by Crippen LogP contribution is 2.15. The van der Waals surface area contributed by atoms with Gasteiger partial charge in [-0.3, -0.25) is 4.99 Å². The first-order valence-corrected chi connectivity index (χ1v) is 7.25. The molecular formula is C11H25N3O2S. The van der Waals surface area contributed by atoms with Crippen molar-refractivity contribution in [2.45, 2.75) is 25.5 Å². The highest BCUT2D eigenvalue weighted by atomic mass is 32.2. The average Bonchev–Trinajstić information content (AvgIpc) is 2.08. The molecule has 0 aromatic carbocycles. The Morgan fingerprint density at radius 2 is 1.47 bits per heavy atom. The summed E-state index contributed by atoms with van der Waals surface area (Å²) in [4.78, 5) is 8.04. The Labute approximate surface area is 105 Å². The van der Waals surface area contributed by atoms with Crippen LogP contribution in [0.15, 0.2) is 4.99 Å². The zero-order valence-corrected chi connectivity index (χ0v) is 12.8. The monoisotopic (exact) mass is 263 g/mol. The van der Waals surface area contributed by atoms with Crippen molar-refractivity contribution < 1.29 is 8.42 Å². The normalized spacial score (nSPS) is 12.2. The Balaban J connectivity index is 4.65. The largest absolute Gasteiger partial charge is 0.349 e. The standard InChI is InChI=1S/C11H25N3O2S/c1-11(2,3)17(15,16)9-8-12-10(13(4)5)14(6)7/h8-9H2,1-7H3. The van der Waals surface area contributed by atoms with Crippen LogP contribution in [0.3, 0.4) is 0 Å². The Morgan fingerprint density at radius 1 is 1.06 bits per heavy atom. The molecule has 0 saturated carbocycles. The molecule has 0 spiro atoms. The van der Waals surface area contributed by atoms with Gasteiger partial charge in [0.25, 0.3) is 0 Å². The van der Waals surface area contributed by atoms with E-state index < -0.39 is 14.6 Å². The maximum absolute atomic E-state index is 11.9. The number of hydrogen-bond acceptors (Lipinski definition) is 3. The molecule has 0 aromatic heterocycles. The van der Waals surface area contributed by atoms with Gasteiger partial charge in [-0.15, -0.1) is 0 Å². The van der Waals surface area contributed by atoms with E-state index >= 15 is 0 Å². The Morgan fingerprint density at radius 3 is 1.76 bits per heavy atom. The van der Waals surface area contributed by atoms with Gasteiger partial charge in [-0.05, 0) is 20.8 Å². The lowest BCUT2D eigenvalue weighted by molar-refractivity contribution is 0.480. The molecule has 17 heavy (non-hydrogen) atoms. The SMILES string of the molecule is CN(C)C(=NCCS(=O)(=O)C(C)(C)C)N(C)C. The molecule has 5 nitrogen and oxygen atoms in total. The molecule has 0 atom stereocenters. The van der Waals surface area contributed by atoms with E-state index in [1.54, 1.807) is 20.8 Å². The predicted molar refractivity (Wildman–Crippen MR) is 73.2 cm³/mol. The average molecular weight is 263 g/mol. The molecule has 6 heteroatoms. The maximum atomic E-state index is 11.9. The Kier molecular flexibility index (Phi) is 5.45. The van der Waals surface area contributed by atoms with E-state index in [2.05, 4.69) is 4.99 Å². The van der Waals surface area contributed by atoms with Crippen LogP contribution >= 0.6 is 0 Å². The molecule has 0 amide bonds. The van der Waals surface area contributed by atoms with Crippen LogP contribution in [0.1, 0.15) is 20.8 Å². The van der Waals surface area contributed by atoms with Crippen molar-refractivity contribution in [3.63, 3.8) is 0 Å². The fraction of sp³-hybridized carbons (Fsp3) is 0.909. The third-order valence-electron chi connectivity index (χ3n) is 2.35. The molecule has 0 aromatic rings. The first-order chi connectivity index (χ1) is 7.49. The van der Waals surface area contributed by atoms with E-state index in [1.165, 1.54) is 0 Å². The fourth-order valence-electron chi connectivity index (χ4n) is 1.25. The van der Waals surface area contributed by atoms with Crippen LogP contribution in [-0.2, 0) is 9.84 Å². The lowest BCUT2D eigenvalue weighted by Gasteiger charge is -2.23. The molecular weight excluding hydrogens is 238 g/mol. The molecule has 0 aliphatic carbocycles. The molecule has 0 aliphatic rings. The van der Waals surface area contributed by atoms with Crippen molar-refractivity contribution >= 4 is 15.8 Å². The summed E-state index contributed by atoms with van der Waals surface area (Å²) in [7, 11) is 4.46. The van der Waals surface area contributed by atoms with Crippen molar-refractivity contribution in [1.29, 1.82) is 0 Å². The van der Waals surface area contributed by atoms with Gasteiger partial charge in [0.2, 0.25) is 0 Å². The van der Waals surface area contributed by atoms with Crippen LogP contribution in [0, 0.1) is 0 Å². The summed E-state index contributed by atoms with van der Waals surface area (Å²) in [6.45, 7) is 5.44. The molecule has 0 unspecified atom stereocenters. The van der Waals surface area contributed by atoms with E-state index in [0.717, 1.165) is 5.96 Å². The van der Waals surface area contributed by atoms with Gasteiger partial charge in [-0.25, -0.2) is 8.42 Å². The molecule has 0 rings (SSSR count). The Bertz CT molecular complexity index is 355. The van der Waals surface area contributed by atoms with E-state index in [1.807, 2.05) is 38.0 Å². The van der Waals surface area contributed by atoms with Gasteiger partial charge in [0.05, 0.1) is 17.0 Å². The first-order valence-electron chi connectivity index (χ1n) is 5.60. The second-order valence-electron chi connectivity index (χ2n) is 5.40. The van der Waals surface area contributed by atoms with Crippen LogP contribution in [0.25, 0.3) is 0 Å². The van der Waals surface area contributed by atoms with Gasteiger partial charge in [0.1, 0.15) is 0 Å². The van der Waals surface area contributed by atoms with Crippen molar-refractivity contribution in [1.82, 2.24) is 9.80 Å². The minimum absolute atomic E-state index is 0.0850. The smallest absolute Gasteiger partial charge is 0.195 e. The topological polar surface area (TPSA) is 53.0 Å². The molecule has 0 N–H and O–H groups in total. The van der Waals surface area contributed by atoms with Crippen LogP contribution in [-0.4, -0.2) is 69.4 Å². The van der Waals surface area contributed by atoms with Gasteiger partial charge < -0.3 is 9.80 Å².